The van der Waals surface area contributed by atoms with Gasteiger partial charge < -0.3 is 10.2 Å². The average molecular weight is 260 g/mol. The lowest BCUT2D eigenvalue weighted by Crippen LogP contribution is -2.45. The lowest BCUT2D eigenvalue weighted by atomic mass is 9.62. The molecule has 0 unspecified atom stereocenters. The van der Waals surface area contributed by atoms with Crippen LogP contribution in [-0.2, 0) is 5.60 Å². The maximum atomic E-state index is 11.4. The fraction of sp³-hybridized carbons (Fsp3) is 0.647. The molecule has 2 aliphatic rings. The van der Waals surface area contributed by atoms with Crippen molar-refractivity contribution in [3.8, 4) is 5.75 Å². The minimum atomic E-state index is -0.803. The van der Waals surface area contributed by atoms with Gasteiger partial charge in [-0.2, -0.15) is 0 Å². The van der Waals surface area contributed by atoms with Crippen molar-refractivity contribution in [2.75, 3.05) is 0 Å². The molecule has 2 heteroatoms. The van der Waals surface area contributed by atoms with Gasteiger partial charge in [0.05, 0.1) is 5.60 Å². The predicted octanol–water partition coefficient (Wildman–Crippen LogP) is 3.73. The predicted molar refractivity (Wildman–Crippen MR) is 76.0 cm³/mol. The number of hydrogen-bond donors (Lipinski definition) is 2. The molecule has 0 aromatic heterocycles. The molecule has 104 valence electrons. The first-order chi connectivity index (χ1) is 8.74. The minimum Gasteiger partial charge on any atom is -0.508 e. The van der Waals surface area contributed by atoms with Gasteiger partial charge in [0, 0.05) is 5.41 Å². The lowest BCUT2D eigenvalue weighted by molar-refractivity contribution is -0.0962. The van der Waals surface area contributed by atoms with Crippen LogP contribution in [0.1, 0.15) is 51.2 Å². The monoisotopic (exact) mass is 260 g/mol. The van der Waals surface area contributed by atoms with Crippen LogP contribution in [0.5, 0.6) is 5.75 Å². The van der Waals surface area contributed by atoms with E-state index in [9.17, 15) is 10.2 Å². The summed E-state index contributed by atoms with van der Waals surface area (Å²) in [7, 11) is 0. The fourth-order valence-electron chi connectivity index (χ4n) is 4.75. The zero-order valence-corrected chi connectivity index (χ0v) is 12.3. The Balaban J connectivity index is 2.18. The summed E-state index contributed by atoms with van der Waals surface area (Å²) in [6, 6.07) is 5.53. The van der Waals surface area contributed by atoms with Crippen LogP contribution < -0.4 is 0 Å². The van der Waals surface area contributed by atoms with Gasteiger partial charge in [-0.1, -0.05) is 32.9 Å². The number of fused-ring (bicyclic) bond motifs is 2. The van der Waals surface area contributed by atoms with Gasteiger partial charge in [-0.25, -0.2) is 0 Å². The first-order valence-electron chi connectivity index (χ1n) is 7.25. The van der Waals surface area contributed by atoms with Gasteiger partial charge >= 0.3 is 0 Å². The lowest BCUT2D eigenvalue weighted by Gasteiger charge is -2.46. The Hall–Kier alpha value is -1.02. The molecule has 0 spiro atoms. The zero-order chi connectivity index (χ0) is 14.1. The van der Waals surface area contributed by atoms with Crippen molar-refractivity contribution in [3.05, 3.63) is 29.3 Å². The summed E-state index contributed by atoms with van der Waals surface area (Å²) in [4.78, 5) is 0. The van der Waals surface area contributed by atoms with E-state index in [2.05, 4.69) is 20.8 Å². The highest BCUT2D eigenvalue weighted by Crippen LogP contribution is 2.72. The Morgan fingerprint density at radius 1 is 1.21 bits per heavy atom. The molecule has 0 aliphatic heterocycles. The summed E-state index contributed by atoms with van der Waals surface area (Å²) in [6.45, 7) is 8.72. The molecule has 3 rings (SSSR count). The van der Waals surface area contributed by atoms with E-state index in [0.717, 1.165) is 24.0 Å². The number of phenols is 1. The van der Waals surface area contributed by atoms with Gasteiger partial charge in [-0.3, -0.25) is 0 Å². The van der Waals surface area contributed by atoms with Gasteiger partial charge in [-0.05, 0) is 54.7 Å². The van der Waals surface area contributed by atoms with Crippen molar-refractivity contribution in [2.24, 2.45) is 16.7 Å². The average Bonchev–Trinajstić information content (AvgIpc) is 2.64. The number of aliphatic hydroxyl groups is 1. The van der Waals surface area contributed by atoms with E-state index < -0.39 is 5.60 Å². The summed E-state index contributed by atoms with van der Waals surface area (Å²) in [5.41, 5.74) is 0.991. The SMILES string of the molecule is Cc1c(O)cccc1[C@@]1(O)C[C@H]2CC[C@]1(C)C2(C)C. The highest BCUT2D eigenvalue weighted by molar-refractivity contribution is 5.44. The highest BCUT2D eigenvalue weighted by Gasteiger charge is 2.69. The Bertz CT molecular complexity index is 534. The normalized spacial score (nSPS) is 39.7. The van der Waals surface area contributed by atoms with E-state index in [0.29, 0.717) is 5.92 Å². The Labute approximate surface area is 115 Å². The second kappa shape index (κ2) is 3.54. The summed E-state index contributed by atoms with van der Waals surface area (Å²) in [6.07, 6.45) is 3.10. The van der Waals surface area contributed by atoms with Crippen LogP contribution in [0.2, 0.25) is 0 Å². The molecule has 0 radical (unpaired) electrons. The molecule has 19 heavy (non-hydrogen) atoms. The smallest absolute Gasteiger partial charge is 0.118 e. The van der Waals surface area contributed by atoms with E-state index in [1.807, 2.05) is 19.1 Å². The molecule has 1 aromatic rings. The molecule has 1 aromatic carbocycles. The van der Waals surface area contributed by atoms with E-state index >= 15 is 0 Å². The van der Waals surface area contributed by atoms with Crippen LogP contribution in [0.15, 0.2) is 18.2 Å². The van der Waals surface area contributed by atoms with Gasteiger partial charge in [0.1, 0.15) is 5.75 Å². The van der Waals surface area contributed by atoms with Crippen LogP contribution >= 0.6 is 0 Å². The molecule has 2 bridgehead atoms. The van der Waals surface area contributed by atoms with Crippen molar-refractivity contribution in [3.63, 3.8) is 0 Å². The zero-order valence-electron chi connectivity index (χ0n) is 12.3. The van der Waals surface area contributed by atoms with Crippen LogP contribution in [-0.4, -0.2) is 10.2 Å². The third-order valence-electron chi connectivity index (χ3n) is 6.64. The second-order valence-electron chi connectivity index (χ2n) is 7.30. The standard InChI is InChI=1S/C17H24O2/c1-11-13(6-5-7-14(11)18)17(19)10-12-8-9-16(17,4)15(12,2)3/h5-7,12,18-19H,8-10H2,1-4H3/t12-,16-,17+/m1/s1. The summed E-state index contributed by atoms with van der Waals surface area (Å²) in [5.74, 6) is 0.861. The largest absolute Gasteiger partial charge is 0.508 e. The van der Waals surface area contributed by atoms with Crippen molar-refractivity contribution >= 4 is 0 Å². The molecule has 0 saturated heterocycles. The van der Waals surface area contributed by atoms with Crippen LogP contribution in [0.4, 0.5) is 0 Å². The van der Waals surface area contributed by atoms with Gasteiger partial charge in [0.15, 0.2) is 0 Å². The maximum absolute atomic E-state index is 11.4. The summed E-state index contributed by atoms with van der Waals surface area (Å²) < 4.78 is 0. The third-order valence-corrected chi connectivity index (χ3v) is 6.64. The highest BCUT2D eigenvalue weighted by atomic mass is 16.3. The van der Waals surface area contributed by atoms with Crippen molar-refractivity contribution in [1.82, 2.24) is 0 Å². The van der Waals surface area contributed by atoms with E-state index in [-0.39, 0.29) is 16.6 Å². The van der Waals surface area contributed by atoms with Crippen molar-refractivity contribution < 1.29 is 10.2 Å². The number of rotatable bonds is 1. The molecule has 2 nitrogen and oxygen atoms in total. The molecular weight excluding hydrogens is 236 g/mol. The van der Waals surface area contributed by atoms with Crippen molar-refractivity contribution in [2.45, 2.75) is 52.6 Å². The van der Waals surface area contributed by atoms with Crippen molar-refractivity contribution in [1.29, 1.82) is 0 Å². The summed E-state index contributed by atoms with van der Waals surface area (Å²) in [5, 5.41) is 21.4. The molecule has 2 fully saturated rings. The first kappa shape index (κ1) is 13.0. The maximum Gasteiger partial charge on any atom is 0.118 e. The molecule has 2 N–H and O–H groups in total. The first-order valence-corrected chi connectivity index (χ1v) is 7.25. The Morgan fingerprint density at radius 3 is 2.42 bits per heavy atom. The molecule has 3 atom stereocenters. The minimum absolute atomic E-state index is 0.108. The number of hydrogen-bond acceptors (Lipinski definition) is 2. The van der Waals surface area contributed by atoms with E-state index in [1.54, 1.807) is 6.07 Å². The molecular formula is C17H24O2. The molecule has 2 saturated carbocycles. The second-order valence-corrected chi connectivity index (χ2v) is 7.30. The molecule has 0 heterocycles. The van der Waals surface area contributed by atoms with Crippen LogP contribution in [0, 0.1) is 23.7 Å². The van der Waals surface area contributed by atoms with E-state index in [1.165, 1.54) is 6.42 Å². The Kier molecular flexibility index (Phi) is 2.42. The summed E-state index contributed by atoms with van der Waals surface area (Å²) >= 11 is 0. The van der Waals surface area contributed by atoms with Crippen LogP contribution in [0.3, 0.4) is 0 Å². The van der Waals surface area contributed by atoms with Crippen LogP contribution in [0.25, 0.3) is 0 Å². The number of aromatic hydroxyl groups is 1. The quantitative estimate of drug-likeness (QED) is 0.807. The van der Waals surface area contributed by atoms with Gasteiger partial charge in [-0.15, -0.1) is 0 Å². The van der Waals surface area contributed by atoms with E-state index in [4.69, 9.17) is 0 Å². The third kappa shape index (κ3) is 1.31. The molecule has 2 aliphatic carbocycles. The van der Waals surface area contributed by atoms with Gasteiger partial charge in [0.2, 0.25) is 0 Å². The number of phenolic OH excluding ortho intramolecular Hbond substituents is 1. The van der Waals surface area contributed by atoms with Gasteiger partial charge in [0.25, 0.3) is 0 Å². The topological polar surface area (TPSA) is 40.5 Å². The Morgan fingerprint density at radius 2 is 1.89 bits per heavy atom. The number of benzene rings is 1. The fourth-order valence-corrected chi connectivity index (χ4v) is 4.75. The molecule has 0 amide bonds.